The van der Waals surface area contributed by atoms with Crippen LogP contribution >= 0.6 is 7.82 Å². The first-order valence-corrected chi connectivity index (χ1v) is 20.4. The Morgan fingerprint density at radius 2 is 1.77 bits per heavy atom. The van der Waals surface area contributed by atoms with Crippen molar-refractivity contribution in [3.63, 3.8) is 0 Å². The van der Waals surface area contributed by atoms with E-state index in [1.54, 1.807) is 6.08 Å². The molecule has 1 aliphatic heterocycles. The molecule has 1 aromatic rings. The predicted molar refractivity (Wildman–Crippen MR) is 204 cm³/mol. The summed E-state index contributed by atoms with van der Waals surface area (Å²) in [6.07, 6.45) is 2.15. The highest BCUT2D eigenvalue weighted by Crippen LogP contribution is 2.44. The van der Waals surface area contributed by atoms with E-state index in [4.69, 9.17) is 18.7 Å². The number of hydrogen-bond donors (Lipinski definition) is 5. The zero-order valence-electron chi connectivity index (χ0n) is 33.7. The Morgan fingerprint density at radius 3 is 2.35 bits per heavy atom. The Kier molecular flexibility index (Phi) is 21.7. The van der Waals surface area contributed by atoms with E-state index in [9.17, 15) is 43.3 Å². The molecule has 19 nitrogen and oxygen atoms in total. The second-order valence-electron chi connectivity index (χ2n) is 14.3. The third-order valence-corrected chi connectivity index (χ3v) is 10.5. The highest BCUT2D eigenvalue weighted by Gasteiger charge is 2.41. The first-order chi connectivity index (χ1) is 27.0. The predicted octanol–water partition coefficient (Wildman–Crippen LogP) is 1.08. The Bertz CT molecular complexity index is 1530. The van der Waals surface area contributed by atoms with Gasteiger partial charge in [0.1, 0.15) is 17.9 Å². The van der Waals surface area contributed by atoms with Crippen molar-refractivity contribution >= 4 is 42.9 Å². The maximum Gasteiger partial charge on any atom is 0.472 e. The number of ketones is 3. The molecule has 0 saturated carbocycles. The highest BCUT2D eigenvalue weighted by molar-refractivity contribution is 7.47. The Morgan fingerprint density at radius 1 is 1.07 bits per heavy atom. The maximum atomic E-state index is 14.1. The topological polar surface area (TPSA) is 262 Å². The Labute approximate surface area is 333 Å². The molecule has 0 radical (unpaired) electrons. The minimum absolute atomic E-state index is 0.0124. The number of amides is 3. The normalized spacial score (nSPS) is 19.2. The Hall–Kier alpha value is -3.68. The second kappa shape index (κ2) is 24.9. The maximum absolute atomic E-state index is 14.1. The van der Waals surface area contributed by atoms with Crippen molar-refractivity contribution in [1.29, 1.82) is 0 Å². The lowest BCUT2D eigenvalue weighted by Crippen LogP contribution is -2.52. The number of aliphatic hydroxyl groups is 1. The molecule has 1 unspecified atom stereocenters. The lowest BCUT2D eigenvalue weighted by atomic mass is 9.89. The number of carbonyl (C=O) groups excluding carboxylic acids is 6. The third kappa shape index (κ3) is 17.0. The summed E-state index contributed by atoms with van der Waals surface area (Å²) < 4.78 is 37.5. The third-order valence-electron chi connectivity index (χ3n) is 9.41. The van der Waals surface area contributed by atoms with Crippen molar-refractivity contribution in [2.45, 2.75) is 96.6 Å². The lowest BCUT2D eigenvalue weighted by Gasteiger charge is -2.28. The first-order valence-electron chi connectivity index (χ1n) is 18.9. The smallest absolute Gasteiger partial charge is 0.394 e. The summed E-state index contributed by atoms with van der Waals surface area (Å²) in [7, 11) is -2.04. The first kappa shape index (κ1) is 49.5. The summed E-state index contributed by atoms with van der Waals surface area (Å²) in [6, 6.07) is -3.51. The molecule has 2 heterocycles. The molecular weight excluding hydrogens is 769 g/mol. The number of rotatable bonds is 29. The molecule has 2 rings (SSSR count). The van der Waals surface area contributed by atoms with Crippen LogP contribution in [0.2, 0.25) is 0 Å². The molecule has 0 aliphatic carbocycles. The highest BCUT2D eigenvalue weighted by atomic mass is 31.2. The van der Waals surface area contributed by atoms with Gasteiger partial charge in [0, 0.05) is 58.3 Å². The van der Waals surface area contributed by atoms with E-state index in [0.29, 0.717) is 18.9 Å². The fraction of sp³-hybridized carbons (Fsp3) is 0.703. The van der Waals surface area contributed by atoms with Crippen LogP contribution in [0.4, 0.5) is 0 Å². The van der Waals surface area contributed by atoms with Crippen LogP contribution in [-0.2, 0) is 63.0 Å². The molecule has 5 N–H and O–H groups in total. The number of hydrogen-bond acceptors (Lipinski definition) is 14. The number of nitrogens with one attached hydrogen (secondary N) is 3. The number of likely N-dealkylation sites (tertiary alicyclic amines) is 1. The van der Waals surface area contributed by atoms with Crippen LogP contribution in [0, 0.1) is 17.8 Å². The summed E-state index contributed by atoms with van der Waals surface area (Å²) in [4.78, 5) is 98.8. The van der Waals surface area contributed by atoms with E-state index >= 15 is 0 Å². The standard InChI is InChI=1S/C37H60N5O14P/c1-8-10-55-28-17-32(42(20-28)35(47)9-11-54-13-12-52-6)37(49)40-30(14-23(2)3)33(45)16-26(15-27-19-38-22-39-27)36(48)41-31(21-43)34(46)18-29(24(4)44)25(5)56-57(50,51)53-7/h8,19,22-23,25-26,28-32,43H,1,9-18,20-21H2,2-7H3,(H,38,39)(H,40,49)(H,41,48)(H,50,51)/t25-,26-,28+,29-,30+,31+,32+/m1/s1. The molecule has 1 fully saturated rings. The number of aliphatic hydroxyl groups excluding tert-OH is 1. The molecule has 3 amide bonds. The SMILES string of the molecule is C=CCO[C@H]1C[C@@H](C(=O)N[C@@H](CC(C)C)C(=O)C[C@@H](Cc2cnc[nH]2)C(=O)N[C@@H](CO)C(=O)C[C@H](C(C)=O)[C@@H](C)OP(=O)(O)OC)N(C(=O)CCOCCOC)C1. The fourth-order valence-electron chi connectivity index (χ4n) is 6.35. The molecular formula is C37H60N5O14P. The van der Waals surface area contributed by atoms with Gasteiger partial charge in [-0.1, -0.05) is 19.9 Å². The zero-order valence-corrected chi connectivity index (χ0v) is 34.6. The molecule has 1 aliphatic rings. The van der Waals surface area contributed by atoms with Crippen LogP contribution < -0.4 is 10.6 Å². The lowest BCUT2D eigenvalue weighted by molar-refractivity contribution is -0.140. The van der Waals surface area contributed by atoms with Gasteiger partial charge in [0.2, 0.25) is 17.7 Å². The number of phosphoric ester groups is 1. The van der Waals surface area contributed by atoms with Gasteiger partial charge in [-0.25, -0.2) is 9.55 Å². The molecule has 20 heteroatoms. The van der Waals surface area contributed by atoms with Gasteiger partial charge >= 0.3 is 7.82 Å². The molecule has 0 bridgehead atoms. The number of ether oxygens (including phenoxy) is 3. The van der Waals surface area contributed by atoms with Crippen LogP contribution in [0.15, 0.2) is 25.2 Å². The number of H-pyrrole nitrogens is 1. The monoisotopic (exact) mass is 829 g/mol. The summed E-state index contributed by atoms with van der Waals surface area (Å²) in [5.74, 6) is -5.87. The van der Waals surface area contributed by atoms with Gasteiger partial charge in [-0.05, 0) is 26.2 Å². The zero-order chi connectivity index (χ0) is 42.7. The molecule has 8 atom stereocenters. The van der Waals surface area contributed by atoms with E-state index in [-0.39, 0.29) is 57.3 Å². The minimum atomic E-state index is -4.51. The van der Waals surface area contributed by atoms with Crippen LogP contribution in [0.3, 0.4) is 0 Å². The molecule has 57 heavy (non-hydrogen) atoms. The van der Waals surface area contributed by atoms with Crippen LogP contribution in [0.1, 0.15) is 65.5 Å². The van der Waals surface area contributed by atoms with Gasteiger partial charge in [0.05, 0.1) is 75.9 Å². The van der Waals surface area contributed by atoms with Crippen LogP contribution in [-0.4, -0.2) is 144 Å². The van der Waals surface area contributed by atoms with Crippen molar-refractivity contribution < 1.29 is 66.6 Å². The van der Waals surface area contributed by atoms with E-state index < -0.39 is 98.6 Å². The quantitative estimate of drug-likeness (QED) is 0.0430. The molecule has 0 spiro atoms. The average Bonchev–Trinajstić information content (AvgIpc) is 3.84. The van der Waals surface area contributed by atoms with Gasteiger partial charge in [0.25, 0.3) is 0 Å². The fourth-order valence-corrected chi connectivity index (χ4v) is 7.01. The van der Waals surface area contributed by atoms with Crippen molar-refractivity contribution in [2.75, 3.05) is 53.8 Å². The summed E-state index contributed by atoms with van der Waals surface area (Å²) in [5.41, 5.74) is 0.491. The number of nitrogens with zero attached hydrogens (tertiary/aromatic N) is 2. The number of aromatic amines is 1. The number of phosphoric acid groups is 1. The number of aromatic nitrogens is 2. The Balaban J connectivity index is 2.27. The molecule has 0 aromatic carbocycles. The van der Waals surface area contributed by atoms with E-state index in [2.05, 4.69) is 31.7 Å². The second-order valence-corrected chi connectivity index (χ2v) is 15.8. The summed E-state index contributed by atoms with van der Waals surface area (Å²) >= 11 is 0. The van der Waals surface area contributed by atoms with Crippen molar-refractivity contribution in [2.24, 2.45) is 17.8 Å². The van der Waals surface area contributed by atoms with Gasteiger partial charge in [0.15, 0.2) is 11.6 Å². The molecule has 322 valence electrons. The number of carbonyl (C=O) groups is 6. The van der Waals surface area contributed by atoms with Crippen molar-refractivity contribution in [3.05, 3.63) is 30.9 Å². The number of imidazole rings is 1. The molecule has 1 saturated heterocycles. The summed E-state index contributed by atoms with van der Waals surface area (Å²) in [6.45, 7) is 10.1. The van der Waals surface area contributed by atoms with Crippen LogP contribution in [0.25, 0.3) is 0 Å². The van der Waals surface area contributed by atoms with Crippen molar-refractivity contribution in [1.82, 2.24) is 25.5 Å². The number of methoxy groups -OCH3 is 1. The summed E-state index contributed by atoms with van der Waals surface area (Å²) in [5, 5.41) is 15.5. The molecule has 1 aromatic heterocycles. The number of Topliss-reactive ketones (excluding diaryl/α,β-unsaturated/α-hetero) is 3. The van der Waals surface area contributed by atoms with Gasteiger partial charge in [-0.3, -0.25) is 37.8 Å². The average molecular weight is 830 g/mol. The minimum Gasteiger partial charge on any atom is -0.394 e. The van der Waals surface area contributed by atoms with E-state index in [1.807, 2.05) is 13.8 Å². The van der Waals surface area contributed by atoms with Gasteiger partial charge in [-0.15, -0.1) is 6.58 Å². The van der Waals surface area contributed by atoms with E-state index in [0.717, 1.165) is 14.0 Å². The van der Waals surface area contributed by atoms with Gasteiger partial charge < -0.3 is 44.7 Å². The van der Waals surface area contributed by atoms with E-state index in [1.165, 1.54) is 31.5 Å². The van der Waals surface area contributed by atoms with Crippen molar-refractivity contribution in [3.8, 4) is 0 Å². The largest absolute Gasteiger partial charge is 0.472 e. The van der Waals surface area contributed by atoms with Gasteiger partial charge in [-0.2, -0.15) is 0 Å². The van der Waals surface area contributed by atoms with Crippen LogP contribution in [0.5, 0.6) is 0 Å².